The van der Waals surface area contributed by atoms with Crippen LogP contribution in [0.15, 0.2) is 48.5 Å². The van der Waals surface area contributed by atoms with E-state index in [1.54, 1.807) is 24.3 Å². The van der Waals surface area contributed by atoms with Crippen molar-refractivity contribution in [2.75, 3.05) is 19.5 Å². The van der Waals surface area contributed by atoms with Crippen LogP contribution in [0.5, 0.6) is 5.75 Å². The van der Waals surface area contributed by atoms with Crippen molar-refractivity contribution < 1.29 is 19.1 Å². The van der Waals surface area contributed by atoms with Gasteiger partial charge in [-0.25, -0.2) is 4.79 Å². The Labute approximate surface area is 142 Å². The van der Waals surface area contributed by atoms with Gasteiger partial charge in [0.2, 0.25) is 0 Å². The van der Waals surface area contributed by atoms with E-state index < -0.39 is 5.97 Å². The highest BCUT2D eigenvalue weighted by Crippen LogP contribution is 2.36. The lowest BCUT2D eigenvalue weighted by atomic mass is 10.1. The van der Waals surface area contributed by atoms with E-state index in [1.165, 1.54) is 25.6 Å². The van der Waals surface area contributed by atoms with Crippen molar-refractivity contribution in [3.8, 4) is 5.75 Å². The van der Waals surface area contributed by atoms with Crippen LogP contribution in [0.4, 0.5) is 5.00 Å². The van der Waals surface area contributed by atoms with Crippen LogP contribution in [0, 0.1) is 0 Å². The van der Waals surface area contributed by atoms with Crippen molar-refractivity contribution in [3.05, 3.63) is 59.7 Å². The minimum absolute atomic E-state index is 0.343. The second-order valence-corrected chi connectivity index (χ2v) is 6.00. The molecule has 122 valence electrons. The zero-order valence-electron chi connectivity index (χ0n) is 13.2. The molecule has 1 N–H and O–H groups in total. The number of benzene rings is 2. The Balaban J connectivity index is 2.03. The number of carbonyl (C=O) groups excluding carboxylic acids is 2. The highest BCUT2D eigenvalue weighted by Gasteiger charge is 2.22. The molecule has 1 heterocycles. The van der Waals surface area contributed by atoms with Crippen molar-refractivity contribution >= 4 is 38.3 Å². The Hall–Kier alpha value is -2.86. The van der Waals surface area contributed by atoms with Crippen molar-refractivity contribution in [1.82, 2.24) is 0 Å². The second kappa shape index (κ2) is 6.72. The average molecular weight is 341 g/mol. The first-order chi connectivity index (χ1) is 11.7. The van der Waals surface area contributed by atoms with Crippen molar-refractivity contribution in [2.45, 2.75) is 0 Å². The Bertz CT molecular complexity index is 916. The smallest absolute Gasteiger partial charge is 0.341 e. The molecule has 1 amide bonds. The molecule has 0 bridgehead atoms. The number of rotatable bonds is 4. The molecule has 0 aliphatic rings. The Morgan fingerprint density at radius 2 is 1.71 bits per heavy atom. The molecule has 0 spiro atoms. The first-order valence-corrected chi connectivity index (χ1v) is 8.01. The fourth-order valence-corrected chi connectivity index (χ4v) is 3.53. The van der Waals surface area contributed by atoms with Crippen molar-refractivity contribution in [2.24, 2.45) is 0 Å². The molecular formula is C18H15NO4S. The van der Waals surface area contributed by atoms with Crippen LogP contribution in [-0.4, -0.2) is 26.1 Å². The monoisotopic (exact) mass is 341 g/mol. The number of para-hydroxylation sites is 1. The van der Waals surface area contributed by atoms with Gasteiger partial charge in [-0.3, -0.25) is 4.79 Å². The Morgan fingerprint density at radius 1 is 1.00 bits per heavy atom. The topological polar surface area (TPSA) is 64.6 Å². The number of ether oxygens (including phenoxy) is 2. The van der Waals surface area contributed by atoms with E-state index in [4.69, 9.17) is 9.47 Å². The molecule has 0 fully saturated rings. The van der Waals surface area contributed by atoms with Gasteiger partial charge in [-0.15, -0.1) is 11.3 Å². The predicted molar refractivity (Wildman–Crippen MR) is 94.1 cm³/mol. The van der Waals surface area contributed by atoms with Gasteiger partial charge in [0.25, 0.3) is 5.91 Å². The van der Waals surface area contributed by atoms with E-state index >= 15 is 0 Å². The minimum Gasteiger partial charge on any atom is -0.496 e. The van der Waals surface area contributed by atoms with Crippen LogP contribution in [-0.2, 0) is 4.74 Å². The minimum atomic E-state index is -0.484. The molecule has 0 aliphatic carbocycles. The van der Waals surface area contributed by atoms with Gasteiger partial charge in [-0.2, -0.15) is 0 Å². The highest BCUT2D eigenvalue weighted by molar-refractivity contribution is 7.23. The maximum Gasteiger partial charge on any atom is 0.341 e. The van der Waals surface area contributed by atoms with E-state index in [-0.39, 0.29) is 5.91 Å². The number of esters is 1. The lowest BCUT2D eigenvalue weighted by Gasteiger charge is -2.09. The Kier molecular flexibility index (Phi) is 4.48. The third-order valence-corrected chi connectivity index (χ3v) is 4.65. The summed E-state index contributed by atoms with van der Waals surface area (Å²) in [5.41, 5.74) is 0.759. The maximum absolute atomic E-state index is 12.6. The normalized spacial score (nSPS) is 10.4. The summed E-state index contributed by atoms with van der Waals surface area (Å²) in [6, 6.07) is 14.4. The van der Waals surface area contributed by atoms with Crippen molar-refractivity contribution in [1.29, 1.82) is 0 Å². The van der Waals surface area contributed by atoms with Gasteiger partial charge < -0.3 is 14.8 Å². The molecule has 3 rings (SSSR count). The lowest BCUT2D eigenvalue weighted by molar-refractivity contribution is 0.0604. The second-order valence-electron chi connectivity index (χ2n) is 4.95. The predicted octanol–water partition coefficient (Wildman–Crippen LogP) is 3.95. The van der Waals surface area contributed by atoms with Gasteiger partial charge in [0.15, 0.2) is 0 Å². The zero-order chi connectivity index (χ0) is 17.1. The largest absolute Gasteiger partial charge is 0.496 e. The molecule has 0 radical (unpaired) electrons. The fourth-order valence-electron chi connectivity index (χ4n) is 2.44. The summed E-state index contributed by atoms with van der Waals surface area (Å²) in [6.45, 7) is 0. The first-order valence-electron chi connectivity index (χ1n) is 7.20. The fraction of sp³-hybridized carbons (Fsp3) is 0.111. The van der Waals surface area contributed by atoms with Crippen LogP contribution >= 0.6 is 11.3 Å². The summed E-state index contributed by atoms with van der Waals surface area (Å²) in [4.78, 5) is 24.8. The summed E-state index contributed by atoms with van der Waals surface area (Å²) < 4.78 is 11.0. The molecule has 0 atom stereocenters. The van der Waals surface area contributed by atoms with E-state index in [0.29, 0.717) is 21.9 Å². The van der Waals surface area contributed by atoms with Crippen LogP contribution in [0.25, 0.3) is 10.1 Å². The Morgan fingerprint density at radius 3 is 2.46 bits per heavy atom. The van der Waals surface area contributed by atoms with Crippen LogP contribution in [0.1, 0.15) is 20.7 Å². The van der Waals surface area contributed by atoms with E-state index in [9.17, 15) is 9.59 Å². The number of fused-ring (bicyclic) bond motifs is 1. The van der Waals surface area contributed by atoms with Crippen LogP contribution < -0.4 is 10.1 Å². The van der Waals surface area contributed by atoms with E-state index in [2.05, 4.69) is 5.32 Å². The third-order valence-electron chi connectivity index (χ3n) is 3.56. The van der Waals surface area contributed by atoms with Crippen molar-refractivity contribution in [3.63, 3.8) is 0 Å². The SMILES string of the molecule is COC(=O)c1c(NC(=O)c2ccccc2OC)sc2ccccc12. The molecule has 0 saturated heterocycles. The number of hydrogen-bond donors (Lipinski definition) is 1. The number of amides is 1. The molecule has 5 nitrogen and oxygen atoms in total. The molecule has 0 saturated carbocycles. The highest BCUT2D eigenvalue weighted by atomic mass is 32.1. The third kappa shape index (κ3) is 2.83. The van der Waals surface area contributed by atoms with E-state index in [0.717, 1.165) is 10.1 Å². The van der Waals surface area contributed by atoms with Crippen LogP contribution in [0.3, 0.4) is 0 Å². The van der Waals surface area contributed by atoms with Crippen LogP contribution in [0.2, 0.25) is 0 Å². The number of methoxy groups -OCH3 is 2. The van der Waals surface area contributed by atoms with Gasteiger partial charge >= 0.3 is 5.97 Å². The molecule has 3 aromatic rings. The number of carbonyl (C=O) groups is 2. The molecule has 1 aromatic heterocycles. The standard InChI is InChI=1S/C18H15NO4S/c1-22-13-9-5-3-7-11(13)16(20)19-17-15(18(21)23-2)12-8-4-6-10-14(12)24-17/h3-10H,1-2H3,(H,19,20). The molecule has 0 unspecified atom stereocenters. The average Bonchev–Trinajstić information content (AvgIpc) is 2.98. The van der Waals surface area contributed by atoms with Gasteiger partial charge in [0.1, 0.15) is 16.3 Å². The quantitative estimate of drug-likeness (QED) is 0.730. The summed E-state index contributed by atoms with van der Waals surface area (Å²) in [5, 5.41) is 4.02. The van der Waals surface area contributed by atoms with Gasteiger partial charge in [0.05, 0.1) is 19.8 Å². The van der Waals surface area contributed by atoms with Gasteiger partial charge in [-0.05, 0) is 18.2 Å². The number of hydrogen-bond acceptors (Lipinski definition) is 5. The lowest BCUT2D eigenvalue weighted by Crippen LogP contribution is -2.14. The summed E-state index contributed by atoms with van der Waals surface area (Å²) in [7, 11) is 2.83. The molecule has 0 aliphatic heterocycles. The summed E-state index contributed by atoms with van der Waals surface area (Å²) >= 11 is 1.33. The number of anilines is 1. The number of thiophene rings is 1. The molecule has 6 heteroatoms. The summed E-state index contributed by atoms with van der Waals surface area (Å²) in [6.07, 6.45) is 0. The first kappa shape index (κ1) is 16.0. The number of nitrogens with one attached hydrogen (secondary N) is 1. The molecular weight excluding hydrogens is 326 g/mol. The molecule has 24 heavy (non-hydrogen) atoms. The van der Waals surface area contributed by atoms with Gasteiger partial charge in [0, 0.05) is 10.1 Å². The van der Waals surface area contributed by atoms with Gasteiger partial charge in [-0.1, -0.05) is 30.3 Å². The van der Waals surface area contributed by atoms with E-state index in [1.807, 2.05) is 24.3 Å². The zero-order valence-corrected chi connectivity index (χ0v) is 14.0. The molecule has 2 aromatic carbocycles. The maximum atomic E-state index is 12.6. The summed E-state index contributed by atoms with van der Waals surface area (Å²) in [5.74, 6) is -0.359.